The summed E-state index contributed by atoms with van der Waals surface area (Å²) in [7, 11) is 0. The molecule has 0 amide bonds. The van der Waals surface area contributed by atoms with E-state index in [2.05, 4.69) is 0 Å². The van der Waals surface area contributed by atoms with Crippen LogP contribution in [-0.4, -0.2) is 21.3 Å². The normalized spacial score (nSPS) is 14.2. The third kappa shape index (κ3) is 2.33. The van der Waals surface area contributed by atoms with Crippen LogP contribution in [0.3, 0.4) is 0 Å². The summed E-state index contributed by atoms with van der Waals surface area (Å²) in [6.45, 7) is 2.49. The van der Waals surface area contributed by atoms with Crippen molar-refractivity contribution in [2.45, 2.75) is 19.0 Å². The zero-order valence-corrected chi connectivity index (χ0v) is 12.0. The van der Waals surface area contributed by atoms with Crippen molar-refractivity contribution in [3.63, 3.8) is 0 Å². The van der Waals surface area contributed by atoms with E-state index in [-0.39, 0.29) is 6.61 Å². The SMILES string of the molecule is CC(N)(c1ccccc1)c1nc2ccccc2n1CCO. The van der Waals surface area contributed by atoms with E-state index in [9.17, 15) is 5.11 Å². The zero-order valence-electron chi connectivity index (χ0n) is 12.0. The number of aliphatic hydroxyl groups is 1. The molecule has 2 aromatic carbocycles. The summed E-state index contributed by atoms with van der Waals surface area (Å²) in [5, 5.41) is 9.37. The highest BCUT2D eigenvalue weighted by atomic mass is 16.3. The van der Waals surface area contributed by atoms with Gasteiger partial charge in [-0.15, -0.1) is 0 Å². The van der Waals surface area contributed by atoms with E-state index in [0.29, 0.717) is 6.54 Å². The second-order valence-electron chi connectivity index (χ2n) is 5.37. The first-order valence-corrected chi connectivity index (χ1v) is 7.05. The molecular weight excluding hydrogens is 262 g/mol. The van der Waals surface area contributed by atoms with Gasteiger partial charge in [-0.3, -0.25) is 0 Å². The lowest BCUT2D eigenvalue weighted by Gasteiger charge is -2.25. The van der Waals surface area contributed by atoms with Gasteiger partial charge >= 0.3 is 0 Å². The lowest BCUT2D eigenvalue weighted by atomic mass is 9.92. The number of hydrogen-bond acceptors (Lipinski definition) is 3. The van der Waals surface area contributed by atoms with Crippen LogP contribution in [0.25, 0.3) is 11.0 Å². The minimum atomic E-state index is -0.713. The molecule has 3 aromatic rings. The van der Waals surface area contributed by atoms with Crippen LogP contribution in [0, 0.1) is 0 Å². The standard InChI is InChI=1S/C17H19N3O/c1-17(18,13-7-3-2-4-8-13)16-19-14-9-5-6-10-15(14)20(16)11-12-21/h2-10,21H,11-12,18H2,1H3. The Kier molecular flexibility index (Phi) is 3.49. The van der Waals surface area contributed by atoms with Gasteiger partial charge in [-0.2, -0.15) is 0 Å². The van der Waals surface area contributed by atoms with E-state index in [4.69, 9.17) is 10.7 Å². The van der Waals surface area contributed by atoms with Crippen molar-refractivity contribution in [2.24, 2.45) is 5.73 Å². The average Bonchev–Trinajstić information content (AvgIpc) is 2.88. The molecular formula is C17H19N3O. The van der Waals surface area contributed by atoms with Crippen LogP contribution in [0.15, 0.2) is 54.6 Å². The molecule has 108 valence electrons. The van der Waals surface area contributed by atoms with Crippen molar-refractivity contribution < 1.29 is 5.11 Å². The summed E-state index contributed by atoms with van der Waals surface area (Å²) in [4.78, 5) is 4.71. The Morgan fingerprint density at radius 2 is 1.76 bits per heavy atom. The Bertz CT molecular complexity index is 747. The fraction of sp³-hybridized carbons (Fsp3) is 0.235. The zero-order chi connectivity index (χ0) is 14.9. The highest BCUT2D eigenvalue weighted by Crippen LogP contribution is 2.28. The largest absolute Gasteiger partial charge is 0.395 e. The van der Waals surface area contributed by atoms with Gasteiger partial charge in [-0.1, -0.05) is 42.5 Å². The molecule has 0 aliphatic heterocycles. The molecule has 0 saturated carbocycles. The number of imidazole rings is 1. The molecule has 0 saturated heterocycles. The molecule has 0 fully saturated rings. The van der Waals surface area contributed by atoms with Gasteiger partial charge in [0.05, 0.1) is 23.2 Å². The number of rotatable bonds is 4. The molecule has 0 bridgehead atoms. The third-order valence-corrected chi connectivity index (χ3v) is 3.82. The second kappa shape index (κ2) is 5.31. The van der Waals surface area contributed by atoms with Crippen LogP contribution in [0.1, 0.15) is 18.3 Å². The third-order valence-electron chi connectivity index (χ3n) is 3.82. The van der Waals surface area contributed by atoms with Crippen molar-refractivity contribution in [1.29, 1.82) is 0 Å². The molecule has 1 unspecified atom stereocenters. The van der Waals surface area contributed by atoms with Crippen LogP contribution in [0.4, 0.5) is 0 Å². The maximum atomic E-state index is 9.37. The van der Waals surface area contributed by atoms with E-state index in [1.807, 2.05) is 66.1 Å². The minimum absolute atomic E-state index is 0.0538. The molecule has 1 aromatic heterocycles. The predicted molar refractivity (Wildman–Crippen MR) is 83.9 cm³/mol. The number of aromatic nitrogens is 2. The van der Waals surface area contributed by atoms with Gasteiger partial charge in [-0.05, 0) is 24.6 Å². The summed E-state index contributed by atoms with van der Waals surface area (Å²) < 4.78 is 2.00. The second-order valence-corrected chi connectivity index (χ2v) is 5.37. The van der Waals surface area contributed by atoms with Crippen LogP contribution in [0.2, 0.25) is 0 Å². The van der Waals surface area contributed by atoms with Crippen LogP contribution >= 0.6 is 0 Å². The molecule has 3 N–H and O–H groups in total. The maximum absolute atomic E-state index is 9.37. The summed E-state index contributed by atoms with van der Waals surface area (Å²) >= 11 is 0. The molecule has 0 spiro atoms. The number of benzene rings is 2. The van der Waals surface area contributed by atoms with Crippen LogP contribution in [0.5, 0.6) is 0 Å². The summed E-state index contributed by atoms with van der Waals surface area (Å²) in [6.07, 6.45) is 0. The van der Waals surface area contributed by atoms with E-state index in [0.717, 1.165) is 22.4 Å². The number of nitrogens with zero attached hydrogens (tertiary/aromatic N) is 2. The highest BCUT2D eigenvalue weighted by molar-refractivity contribution is 5.76. The number of nitrogens with two attached hydrogens (primary N) is 1. The van der Waals surface area contributed by atoms with E-state index in [1.54, 1.807) is 0 Å². The van der Waals surface area contributed by atoms with Gasteiger partial charge in [0.15, 0.2) is 0 Å². The topological polar surface area (TPSA) is 64.1 Å². The molecule has 21 heavy (non-hydrogen) atoms. The molecule has 0 radical (unpaired) electrons. The molecule has 4 nitrogen and oxygen atoms in total. The highest BCUT2D eigenvalue weighted by Gasteiger charge is 2.30. The maximum Gasteiger partial charge on any atom is 0.134 e. The van der Waals surface area contributed by atoms with E-state index < -0.39 is 5.54 Å². The molecule has 4 heteroatoms. The van der Waals surface area contributed by atoms with Crippen LogP contribution in [-0.2, 0) is 12.1 Å². The molecule has 1 heterocycles. The number of para-hydroxylation sites is 2. The molecule has 1 atom stereocenters. The average molecular weight is 281 g/mol. The first-order valence-electron chi connectivity index (χ1n) is 7.05. The van der Waals surface area contributed by atoms with Crippen LogP contribution < -0.4 is 5.73 Å². The van der Waals surface area contributed by atoms with Gasteiger partial charge in [-0.25, -0.2) is 4.98 Å². The number of hydrogen-bond donors (Lipinski definition) is 2. The number of fused-ring (bicyclic) bond motifs is 1. The lowest BCUT2D eigenvalue weighted by Crippen LogP contribution is -2.37. The van der Waals surface area contributed by atoms with Crippen molar-refractivity contribution in [1.82, 2.24) is 9.55 Å². The smallest absolute Gasteiger partial charge is 0.134 e. The van der Waals surface area contributed by atoms with Gasteiger partial charge in [0.1, 0.15) is 5.82 Å². The fourth-order valence-corrected chi connectivity index (χ4v) is 2.71. The number of aliphatic hydroxyl groups excluding tert-OH is 1. The predicted octanol–water partition coefficient (Wildman–Crippen LogP) is 2.25. The Labute approximate surface area is 123 Å². The summed E-state index contributed by atoms with van der Waals surface area (Å²) in [5.74, 6) is 0.768. The van der Waals surface area contributed by atoms with Crippen molar-refractivity contribution in [2.75, 3.05) is 6.61 Å². The Morgan fingerprint density at radius 3 is 2.48 bits per heavy atom. The van der Waals surface area contributed by atoms with E-state index in [1.165, 1.54) is 0 Å². The fourth-order valence-electron chi connectivity index (χ4n) is 2.71. The molecule has 0 aliphatic rings. The minimum Gasteiger partial charge on any atom is -0.395 e. The van der Waals surface area contributed by atoms with Gasteiger partial charge in [0, 0.05) is 6.54 Å². The Balaban J connectivity index is 2.21. The van der Waals surface area contributed by atoms with Gasteiger partial charge in [0.2, 0.25) is 0 Å². The lowest BCUT2D eigenvalue weighted by molar-refractivity contribution is 0.273. The van der Waals surface area contributed by atoms with Crippen molar-refractivity contribution in [3.8, 4) is 0 Å². The first kappa shape index (κ1) is 13.8. The summed E-state index contributed by atoms with van der Waals surface area (Å²) in [5.41, 5.74) is 8.77. The summed E-state index contributed by atoms with van der Waals surface area (Å²) in [6, 6.07) is 17.8. The van der Waals surface area contributed by atoms with Gasteiger partial charge < -0.3 is 15.4 Å². The van der Waals surface area contributed by atoms with Gasteiger partial charge in [0.25, 0.3) is 0 Å². The van der Waals surface area contributed by atoms with Crippen molar-refractivity contribution >= 4 is 11.0 Å². The first-order chi connectivity index (χ1) is 10.1. The van der Waals surface area contributed by atoms with E-state index >= 15 is 0 Å². The molecule has 0 aliphatic carbocycles. The van der Waals surface area contributed by atoms with Crippen molar-refractivity contribution in [3.05, 3.63) is 66.0 Å². The Hall–Kier alpha value is -2.17. The molecule has 3 rings (SSSR count). The Morgan fingerprint density at radius 1 is 1.10 bits per heavy atom. The quantitative estimate of drug-likeness (QED) is 0.771. The monoisotopic (exact) mass is 281 g/mol.